The molecule has 0 atom stereocenters. The molecule has 0 saturated heterocycles. The topological polar surface area (TPSA) is 39.4 Å². The van der Waals surface area contributed by atoms with Gasteiger partial charge in [-0.1, -0.05) is 6.92 Å². The number of rotatable bonds is 4. The van der Waals surface area contributed by atoms with Gasteiger partial charge in [0, 0.05) is 11.8 Å². The zero-order chi connectivity index (χ0) is 11.5. The van der Waals surface area contributed by atoms with Crippen LogP contribution in [0.3, 0.4) is 0 Å². The minimum absolute atomic E-state index is 0.0224. The molecule has 1 aromatic carbocycles. The highest BCUT2D eigenvalue weighted by Crippen LogP contribution is 2.24. The second kappa shape index (κ2) is 4.39. The molecule has 0 unspecified atom stereocenters. The van der Waals surface area contributed by atoms with Crippen molar-refractivity contribution in [1.82, 2.24) is 0 Å². The molecule has 0 N–H and O–H groups in total. The molecule has 0 spiro atoms. The van der Waals surface area contributed by atoms with Crippen molar-refractivity contribution in [2.45, 2.75) is 20.3 Å². The van der Waals surface area contributed by atoms with Crippen LogP contribution in [0.25, 0.3) is 11.0 Å². The lowest BCUT2D eigenvalue weighted by molar-refractivity contribution is 0.0963. The van der Waals surface area contributed by atoms with E-state index in [1.54, 1.807) is 6.07 Å². The van der Waals surface area contributed by atoms with Crippen molar-refractivity contribution in [3.8, 4) is 5.75 Å². The molecule has 0 radical (unpaired) electrons. The van der Waals surface area contributed by atoms with Crippen LogP contribution in [-0.4, -0.2) is 12.4 Å². The third-order valence-electron chi connectivity index (χ3n) is 2.39. The van der Waals surface area contributed by atoms with Crippen LogP contribution >= 0.6 is 0 Å². The van der Waals surface area contributed by atoms with E-state index in [9.17, 15) is 4.79 Å². The molecular formula is C13H14O3. The summed E-state index contributed by atoms with van der Waals surface area (Å²) >= 11 is 0. The summed E-state index contributed by atoms with van der Waals surface area (Å²) in [6.07, 6.45) is 0.456. The molecular weight excluding hydrogens is 204 g/mol. The Bertz CT molecular complexity index is 511. The normalized spacial score (nSPS) is 10.6. The molecule has 84 valence electrons. The summed E-state index contributed by atoms with van der Waals surface area (Å²) in [5.74, 6) is 1.24. The molecule has 0 aliphatic heterocycles. The first-order valence-corrected chi connectivity index (χ1v) is 5.44. The molecule has 0 aliphatic carbocycles. The van der Waals surface area contributed by atoms with Crippen LogP contribution in [-0.2, 0) is 0 Å². The van der Waals surface area contributed by atoms with E-state index in [2.05, 4.69) is 0 Å². The first-order valence-electron chi connectivity index (χ1n) is 5.44. The maximum Gasteiger partial charge on any atom is 0.197 e. The number of hydrogen-bond donors (Lipinski definition) is 0. The van der Waals surface area contributed by atoms with Crippen LogP contribution in [0.2, 0.25) is 0 Å². The number of hydrogen-bond acceptors (Lipinski definition) is 3. The molecule has 1 aromatic heterocycles. The van der Waals surface area contributed by atoms with Crippen molar-refractivity contribution in [3.05, 3.63) is 30.0 Å². The van der Waals surface area contributed by atoms with E-state index in [0.717, 1.165) is 16.7 Å². The smallest absolute Gasteiger partial charge is 0.197 e. The van der Waals surface area contributed by atoms with Crippen molar-refractivity contribution in [2.75, 3.05) is 6.61 Å². The van der Waals surface area contributed by atoms with Gasteiger partial charge >= 0.3 is 0 Å². The van der Waals surface area contributed by atoms with Gasteiger partial charge < -0.3 is 9.15 Å². The number of furan rings is 1. The second-order valence-electron chi connectivity index (χ2n) is 3.52. The van der Waals surface area contributed by atoms with Gasteiger partial charge in [0.15, 0.2) is 11.5 Å². The minimum atomic E-state index is 0.0224. The van der Waals surface area contributed by atoms with E-state index in [0.29, 0.717) is 18.8 Å². The molecule has 16 heavy (non-hydrogen) atoms. The third-order valence-corrected chi connectivity index (χ3v) is 2.39. The molecule has 0 bridgehead atoms. The lowest BCUT2D eigenvalue weighted by Crippen LogP contribution is -1.92. The number of ketones is 1. The molecule has 1 heterocycles. The van der Waals surface area contributed by atoms with E-state index in [1.807, 2.05) is 32.0 Å². The summed E-state index contributed by atoms with van der Waals surface area (Å²) in [6.45, 7) is 4.39. The van der Waals surface area contributed by atoms with E-state index in [1.165, 1.54) is 0 Å². The largest absolute Gasteiger partial charge is 0.494 e. The number of ether oxygens (including phenoxy) is 1. The average Bonchev–Trinajstić information content (AvgIpc) is 2.71. The first-order chi connectivity index (χ1) is 7.74. The Morgan fingerprint density at radius 3 is 2.81 bits per heavy atom. The summed E-state index contributed by atoms with van der Waals surface area (Å²) in [5, 5.41) is 0.905. The fourth-order valence-corrected chi connectivity index (χ4v) is 1.59. The number of fused-ring (bicyclic) bond motifs is 1. The maximum atomic E-state index is 11.5. The average molecular weight is 218 g/mol. The molecule has 0 aliphatic rings. The van der Waals surface area contributed by atoms with Gasteiger partial charge in [0.2, 0.25) is 0 Å². The zero-order valence-electron chi connectivity index (χ0n) is 9.45. The Hall–Kier alpha value is -1.77. The monoisotopic (exact) mass is 218 g/mol. The van der Waals surface area contributed by atoms with Crippen LogP contribution < -0.4 is 4.74 Å². The summed E-state index contributed by atoms with van der Waals surface area (Å²) in [5.41, 5.74) is 0.722. The van der Waals surface area contributed by atoms with E-state index < -0.39 is 0 Å². The van der Waals surface area contributed by atoms with Crippen molar-refractivity contribution in [1.29, 1.82) is 0 Å². The van der Waals surface area contributed by atoms with Gasteiger partial charge in [-0.2, -0.15) is 0 Å². The van der Waals surface area contributed by atoms with Crippen molar-refractivity contribution >= 4 is 16.8 Å². The number of Topliss-reactive ketones (excluding diaryl/α,β-unsaturated/α-hetero) is 1. The quantitative estimate of drug-likeness (QED) is 0.738. The van der Waals surface area contributed by atoms with Gasteiger partial charge in [0.1, 0.15) is 11.3 Å². The van der Waals surface area contributed by atoms with Gasteiger partial charge in [0.05, 0.1) is 6.61 Å². The van der Waals surface area contributed by atoms with Gasteiger partial charge in [-0.25, -0.2) is 0 Å². The third kappa shape index (κ3) is 1.94. The summed E-state index contributed by atoms with van der Waals surface area (Å²) in [7, 11) is 0. The maximum absolute atomic E-state index is 11.5. The van der Waals surface area contributed by atoms with Crippen LogP contribution in [0.1, 0.15) is 30.8 Å². The van der Waals surface area contributed by atoms with E-state index in [-0.39, 0.29) is 5.78 Å². The van der Waals surface area contributed by atoms with Crippen LogP contribution in [0, 0.1) is 0 Å². The summed E-state index contributed by atoms with van der Waals surface area (Å²) in [6, 6.07) is 7.32. The predicted molar refractivity (Wildman–Crippen MR) is 62.0 cm³/mol. The van der Waals surface area contributed by atoms with Crippen LogP contribution in [0.4, 0.5) is 0 Å². The summed E-state index contributed by atoms with van der Waals surface area (Å²) < 4.78 is 10.8. The van der Waals surface area contributed by atoms with Crippen LogP contribution in [0.5, 0.6) is 5.75 Å². The van der Waals surface area contributed by atoms with Crippen LogP contribution in [0.15, 0.2) is 28.7 Å². The van der Waals surface area contributed by atoms with Gasteiger partial charge in [-0.15, -0.1) is 0 Å². The van der Waals surface area contributed by atoms with Crippen molar-refractivity contribution < 1.29 is 13.9 Å². The van der Waals surface area contributed by atoms with Gasteiger partial charge in [-0.3, -0.25) is 4.79 Å². The fraction of sp³-hybridized carbons (Fsp3) is 0.308. The Labute approximate surface area is 94.0 Å². The van der Waals surface area contributed by atoms with Crippen molar-refractivity contribution in [3.63, 3.8) is 0 Å². The Morgan fingerprint density at radius 2 is 2.12 bits per heavy atom. The minimum Gasteiger partial charge on any atom is -0.494 e. The molecule has 2 aromatic rings. The van der Waals surface area contributed by atoms with E-state index in [4.69, 9.17) is 9.15 Å². The number of benzene rings is 1. The molecule has 0 amide bonds. The highest BCUT2D eigenvalue weighted by atomic mass is 16.5. The number of carbonyl (C=O) groups excluding carboxylic acids is 1. The SMILES string of the molecule is CCOc1ccc2oc(C(=O)CC)cc2c1. The Balaban J connectivity index is 2.41. The zero-order valence-corrected chi connectivity index (χ0v) is 9.45. The lowest BCUT2D eigenvalue weighted by Gasteiger charge is -2.00. The predicted octanol–water partition coefficient (Wildman–Crippen LogP) is 3.42. The van der Waals surface area contributed by atoms with Gasteiger partial charge in [0.25, 0.3) is 0 Å². The van der Waals surface area contributed by atoms with Crippen molar-refractivity contribution in [2.24, 2.45) is 0 Å². The highest BCUT2D eigenvalue weighted by molar-refractivity contribution is 5.97. The summed E-state index contributed by atoms with van der Waals surface area (Å²) in [4.78, 5) is 11.5. The molecule has 3 heteroatoms. The standard InChI is InChI=1S/C13H14O3/c1-3-11(14)13-8-9-7-10(15-4-2)5-6-12(9)16-13/h5-8H,3-4H2,1-2H3. The molecule has 3 nitrogen and oxygen atoms in total. The van der Waals surface area contributed by atoms with E-state index >= 15 is 0 Å². The lowest BCUT2D eigenvalue weighted by atomic mass is 10.2. The molecule has 0 fully saturated rings. The number of carbonyl (C=O) groups is 1. The Morgan fingerprint density at radius 1 is 1.31 bits per heavy atom. The fourth-order valence-electron chi connectivity index (χ4n) is 1.59. The second-order valence-corrected chi connectivity index (χ2v) is 3.52. The first kappa shape index (κ1) is 10.7. The Kier molecular flexibility index (Phi) is 2.95. The molecule has 2 rings (SSSR count). The molecule has 0 saturated carbocycles. The highest BCUT2D eigenvalue weighted by Gasteiger charge is 2.10. The van der Waals surface area contributed by atoms with Gasteiger partial charge in [-0.05, 0) is 31.2 Å².